The van der Waals surface area contributed by atoms with Gasteiger partial charge in [0.2, 0.25) is 0 Å². The minimum absolute atomic E-state index is 0.176. The normalized spacial score (nSPS) is 11.2. The fourth-order valence-corrected chi connectivity index (χ4v) is 2.49. The lowest BCUT2D eigenvalue weighted by Crippen LogP contribution is -2.26. The van der Waals surface area contributed by atoms with Gasteiger partial charge in [0.25, 0.3) is 5.91 Å². The van der Waals surface area contributed by atoms with Gasteiger partial charge in [-0.3, -0.25) is 4.79 Å². The first-order valence-electron chi connectivity index (χ1n) is 8.35. The molecule has 0 aliphatic heterocycles. The van der Waals surface area contributed by atoms with Gasteiger partial charge in [-0.1, -0.05) is 42.2 Å². The monoisotopic (exact) mass is 343 g/mol. The van der Waals surface area contributed by atoms with Gasteiger partial charge in [-0.25, -0.2) is 4.39 Å². The average Bonchev–Trinajstić information content (AvgIpc) is 2.68. The van der Waals surface area contributed by atoms with Crippen molar-refractivity contribution < 1.29 is 9.18 Å². The molecule has 1 N–H and O–H groups in total. The minimum atomic E-state index is -0.292. The van der Waals surface area contributed by atoms with Gasteiger partial charge >= 0.3 is 0 Å². The van der Waals surface area contributed by atoms with Crippen LogP contribution in [0.15, 0.2) is 78.9 Å². The molecule has 0 heterocycles. The number of hydrogen-bond donors (Lipinski definition) is 1. The minimum Gasteiger partial charge on any atom is -0.346 e. The predicted octanol–water partition coefficient (Wildman–Crippen LogP) is 4.72. The maximum Gasteiger partial charge on any atom is 0.251 e. The summed E-state index contributed by atoms with van der Waals surface area (Å²) in [7, 11) is 0. The van der Waals surface area contributed by atoms with Crippen LogP contribution in [0.5, 0.6) is 0 Å². The van der Waals surface area contributed by atoms with Gasteiger partial charge in [0.15, 0.2) is 0 Å². The Hall–Kier alpha value is -3.38. The molecule has 0 aliphatic rings. The van der Waals surface area contributed by atoms with E-state index in [0.29, 0.717) is 5.56 Å². The molecule has 3 rings (SSSR count). The summed E-state index contributed by atoms with van der Waals surface area (Å²) in [5.41, 5.74) is 3.20. The highest BCUT2D eigenvalue weighted by Crippen LogP contribution is 2.14. The molecule has 1 amide bonds. The van der Waals surface area contributed by atoms with Crippen molar-refractivity contribution in [2.24, 2.45) is 0 Å². The quantitative estimate of drug-likeness (QED) is 0.685. The topological polar surface area (TPSA) is 29.1 Å². The summed E-state index contributed by atoms with van der Waals surface area (Å²) in [5.74, 6) is 5.70. The van der Waals surface area contributed by atoms with Gasteiger partial charge in [0.05, 0.1) is 6.04 Å². The van der Waals surface area contributed by atoms with Crippen LogP contribution in [0.2, 0.25) is 0 Å². The fourth-order valence-electron chi connectivity index (χ4n) is 2.49. The molecule has 3 aromatic rings. The molecule has 0 unspecified atom stereocenters. The van der Waals surface area contributed by atoms with E-state index in [1.165, 1.54) is 12.1 Å². The van der Waals surface area contributed by atoms with Crippen LogP contribution in [-0.2, 0) is 0 Å². The van der Waals surface area contributed by atoms with Crippen molar-refractivity contribution in [2.75, 3.05) is 0 Å². The number of rotatable bonds is 3. The molecule has 3 heteroatoms. The van der Waals surface area contributed by atoms with E-state index in [9.17, 15) is 9.18 Å². The van der Waals surface area contributed by atoms with Crippen LogP contribution in [0.4, 0.5) is 4.39 Å². The van der Waals surface area contributed by atoms with Crippen LogP contribution in [0.1, 0.15) is 40.0 Å². The first kappa shape index (κ1) is 17.4. The van der Waals surface area contributed by atoms with Crippen LogP contribution in [0, 0.1) is 17.7 Å². The van der Waals surface area contributed by atoms with Crippen molar-refractivity contribution in [3.05, 3.63) is 107 Å². The molecule has 3 aromatic carbocycles. The summed E-state index contributed by atoms with van der Waals surface area (Å²) < 4.78 is 13.0. The number of carbonyl (C=O) groups excluding carboxylic acids is 1. The third kappa shape index (κ3) is 4.58. The average molecular weight is 343 g/mol. The highest BCUT2D eigenvalue weighted by atomic mass is 19.1. The van der Waals surface area contributed by atoms with Crippen molar-refractivity contribution in [3.8, 4) is 11.8 Å². The Morgan fingerprint density at radius 1 is 0.846 bits per heavy atom. The Morgan fingerprint density at radius 3 is 2.04 bits per heavy atom. The van der Waals surface area contributed by atoms with Crippen LogP contribution in [0.25, 0.3) is 0 Å². The molecule has 0 bridgehead atoms. The van der Waals surface area contributed by atoms with E-state index in [2.05, 4.69) is 17.2 Å². The smallest absolute Gasteiger partial charge is 0.251 e. The van der Waals surface area contributed by atoms with Crippen molar-refractivity contribution in [1.29, 1.82) is 0 Å². The molecule has 0 saturated carbocycles. The van der Waals surface area contributed by atoms with E-state index in [1.54, 1.807) is 24.3 Å². The molecule has 26 heavy (non-hydrogen) atoms. The second kappa shape index (κ2) is 8.13. The molecule has 0 spiro atoms. The molecule has 1 atom stereocenters. The molecule has 128 valence electrons. The van der Waals surface area contributed by atoms with Crippen molar-refractivity contribution in [2.45, 2.75) is 13.0 Å². The van der Waals surface area contributed by atoms with E-state index < -0.39 is 0 Å². The Labute approximate surface area is 152 Å². The van der Waals surface area contributed by atoms with Gasteiger partial charge in [0, 0.05) is 16.7 Å². The highest BCUT2D eigenvalue weighted by Gasteiger charge is 2.11. The van der Waals surface area contributed by atoms with Gasteiger partial charge in [0.1, 0.15) is 5.82 Å². The van der Waals surface area contributed by atoms with E-state index in [0.717, 1.165) is 16.7 Å². The maximum atomic E-state index is 13.0. The van der Waals surface area contributed by atoms with Gasteiger partial charge < -0.3 is 5.32 Å². The van der Waals surface area contributed by atoms with E-state index >= 15 is 0 Å². The SMILES string of the molecule is C[C@H](NC(=O)c1ccc(C#Cc2ccccc2)cc1)c1ccc(F)cc1. The summed E-state index contributed by atoms with van der Waals surface area (Å²) in [6, 6.07) is 22.8. The lowest BCUT2D eigenvalue weighted by molar-refractivity contribution is 0.0940. The van der Waals surface area contributed by atoms with E-state index in [4.69, 9.17) is 0 Å². The Morgan fingerprint density at radius 2 is 1.42 bits per heavy atom. The summed E-state index contributed by atoms with van der Waals surface area (Å²) in [6.45, 7) is 1.87. The number of halogens is 1. The lowest BCUT2D eigenvalue weighted by Gasteiger charge is -2.14. The van der Waals surface area contributed by atoms with Gasteiger partial charge in [-0.15, -0.1) is 0 Å². The molecule has 0 aliphatic carbocycles. The zero-order chi connectivity index (χ0) is 18.4. The van der Waals surface area contributed by atoms with E-state index in [-0.39, 0.29) is 17.8 Å². The fraction of sp³-hybridized carbons (Fsp3) is 0.0870. The number of amides is 1. The van der Waals surface area contributed by atoms with Gasteiger partial charge in [-0.05, 0) is 61.0 Å². The second-order valence-electron chi connectivity index (χ2n) is 5.94. The zero-order valence-corrected chi connectivity index (χ0v) is 14.4. The molecule has 0 aromatic heterocycles. The largest absolute Gasteiger partial charge is 0.346 e. The number of nitrogens with one attached hydrogen (secondary N) is 1. The summed E-state index contributed by atoms with van der Waals surface area (Å²) in [6.07, 6.45) is 0. The van der Waals surface area contributed by atoms with Crippen molar-refractivity contribution in [1.82, 2.24) is 5.32 Å². The third-order valence-corrected chi connectivity index (χ3v) is 3.99. The van der Waals surface area contributed by atoms with Crippen LogP contribution in [0.3, 0.4) is 0 Å². The molecule has 0 fully saturated rings. The van der Waals surface area contributed by atoms with E-state index in [1.807, 2.05) is 49.4 Å². The first-order valence-corrected chi connectivity index (χ1v) is 8.35. The molecular weight excluding hydrogens is 325 g/mol. The Balaban J connectivity index is 1.65. The third-order valence-electron chi connectivity index (χ3n) is 3.99. The lowest BCUT2D eigenvalue weighted by atomic mass is 10.1. The van der Waals surface area contributed by atoms with Crippen molar-refractivity contribution >= 4 is 5.91 Å². The zero-order valence-electron chi connectivity index (χ0n) is 14.4. The first-order chi connectivity index (χ1) is 12.6. The second-order valence-corrected chi connectivity index (χ2v) is 5.94. The molecule has 0 saturated heterocycles. The summed E-state index contributed by atoms with van der Waals surface area (Å²) in [4.78, 5) is 12.4. The van der Waals surface area contributed by atoms with Crippen LogP contribution >= 0.6 is 0 Å². The number of hydrogen-bond acceptors (Lipinski definition) is 1. The maximum absolute atomic E-state index is 13.0. The Bertz CT molecular complexity index is 935. The highest BCUT2D eigenvalue weighted by molar-refractivity contribution is 5.94. The molecule has 0 radical (unpaired) electrons. The van der Waals surface area contributed by atoms with Gasteiger partial charge in [-0.2, -0.15) is 0 Å². The Kier molecular flexibility index (Phi) is 5.46. The number of carbonyl (C=O) groups is 1. The predicted molar refractivity (Wildman–Crippen MR) is 101 cm³/mol. The van der Waals surface area contributed by atoms with Crippen molar-refractivity contribution in [3.63, 3.8) is 0 Å². The van der Waals surface area contributed by atoms with Crippen LogP contribution in [-0.4, -0.2) is 5.91 Å². The standard InChI is InChI=1S/C23H18FNO/c1-17(20-13-15-22(24)16-14-20)25-23(26)21-11-9-19(10-12-21)8-7-18-5-3-2-4-6-18/h2-6,9-17H,1H3,(H,25,26)/t17-/m0/s1. The van der Waals surface area contributed by atoms with Crippen LogP contribution < -0.4 is 5.32 Å². The molecule has 2 nitrogen and oxygen atoms in total. The number of benzene rings is 3. The molecular formula is C23H18FNO. The summed E-state index contributed by atoms with van der Waals surface area (Å²) in [5, 5.41) is 2.91. The summed E-state index contributed by atoms with van der Waals surface area (Å²) >= 11 is 0.